The fraction of sp³-hybridized carbons (Fsp3) is 0.350. The number of nitrogens with zero attached hydrogens (tertiary/aromatic N) is 1. The average molecular weight is 385 g/mol. The van der Waals surface area contributed by atoms with Crippen molar-refractivity contribution in [3.8, 4) is 0 Å². The van der Waals surface area contributed by atoms with Crippen LogP contribution < -0.4 is 10.6 Å². The van der Waals surface area contributed by atoms with Crippen LogP contribution in [0.1, 0.15) is 24.2 Å². The highest BCUT2D eigenvalue weighted by Crippen LogP contribution is 2.15. The van der Waals surface area contributed by atoms with E-state index < -0.39 is 18.1 Å². The summed E-state index contributed by atoms with van der Waals surface area (Å²) in [7, 11) is 0. The highest BCUT2D eigenvalue weighted by Gasteiger charge is 2.38. The van der Waals surface area contributed by atoms with Gasteiger partial charge >= 0.3 is 6.03 Å². The first-order valence-corrected chi connectivity index (χ1v) is 9.15. The van der Waals surface area contributed by atoms with Gasteiger partial charge < -0.3 is 20.2 Å². The molecule has 28 heavy (non-hydrogen) atoms. The molecule has 2 atom stereocenters. The van der Waals surface area contributed by atoms with E-state index in [2.05, 4.69) is 10.6 Å². The Morgan fingerprint density at radius 1 is 1.21 bits per heavy atom. The van der Waals surface area contributed by atoms with Gasteiger partial charge in [0.05, 0.1) is 25.5 Å². The van der Waals surface area contributed by atoms with E-state index in [1.54, 1.807) is 12.1 Å². The molecule has 1 aliphatic rings. The topological polar surface area (TPSA) is 112 Å². The molecule has 148 valence electrons. The molecule has 3 rings (SSSR count). The van der Waals surface area contributed by atoms with Gasteiger partial charge in [0.25, 0.3) is 5.91 Å². The van der Waals surface area contributed by atoms with Gasteiger partial charge in [0.15, 0.2) is 0 Å². The third-order valence-electron chi connectivity index (χ3n) is 4.57. The number of nitrogens with one attached hydrogen (secondary N) is 2. The van der Waals surface area contributed by atoms with Crippen molar-refractivity contribution in [1.82, 2.24) is 15.5 Å². The van der Waals surface area contributed by atoms with Crippen molar-refractivity contribution in [2.45, 2.75) is 37.9 Å². The van der Waals surface area contributed by atoms with Gasteiger partial charge in [-0.2, -0.15) is 0 Å². The van der Waals surface area contributed by atoms with Crippen LogP contribution in [0.25, 0.3) is 0 Å². The third kappa shape index (κ3) is 4.98. The summed E-state index contributed by atoms with van der Waals surface area (Å²) in [6.07, 6.45) is 2.24. The van der Waals surface area contributed by atoms with E-state index in [-0.39, 0.29) is 37.8 Å². The number of aliphatic hydroxyl groups excluding tert-OH is 1. The predicted molar refractivity (Wildman–Crippen MR) is 100.0 cm³/mol. The van der Waals surface area contributed by atoms with Gasteiger partial charge in [-0.3, -0.25) is 14.5 Å². The number of benzene rings is 1. The van der Waals surface area contributed by atoms with Gasteiger partial charge in [0, 0.05) is 6.42 Å². The molecule has 1 fully saturated rings. The lowest BCUT2D eigenvalue weighted by atomic mass is 10.1. The highest BCUT2D eigenvalue weighted by molar-refractivity contribution is 6.04. The van der Waals surface area contributed by atoms with Crippen LogP contribution in [-0.2, 0) is 22.6 Å². The Kier molecular flexibility index (Phi) is 6.44. The van der Waals surface area contributed by atoms with Gasteiger partial charge in [-0.25, -0.2) is 4.79 Å². The van der Waals surface area contributed by atoms with E-state index in [0.717, 1.165) is 10.5 Å². The second kappa shape index (κ2) is 9.18. The smallest absolute Gasteiger partial charge is 0.325 e. The van der Waals surface area contributed by atoms with Crippen LogP contribution in [-0.4, -0.2) is 46.5 Å². The number of carbonyl (C=O) groups excluding carboxylic acids is 3. The largest absolute Gasteiger partial charge is 0.467 e. The number of urea groups is 1. The maximum Gasteiger partial charge on any atom is 0.325 e. The molecule has 2 aromatic rings. The van der Waals surface area contributed by atoms with Crippen molar-refractivity contribution >= 4 is 17.8 Å². The summed E-state index contributed by atoms with van der Waals surface area (Å²) in [6.45, 7) is -0.124. The molecule has 1 saturated heterocycles. The molecule has 1 aromatic carbocycles. The number of aliphatic hydroxyl groups is 1. The molecule has 1 aromatic heterocycles. The van der Waals surface area contributed by atoms with E-state index in [1.807, 2.05) is 30.3 Å². The van der Waals surface area contributed by atoms with Crippen LogP contribution in [0.2, 0.25) is 0 Å². The van der Waals surface area contributed by atoms with Crippen LogP contribution in [0.5, 0.6) is 0 Å². The Morgan fingerprint density at radius 3 is 2.68 bits per heavy atom. The van der Waals surface area contributed by atoms with Crippen molar-refractivity contribution < 1.29 is 23.9 Å². The number of hydrogen-bond acceptors (Lipinski definition) is 5. The monoisotopic (exact) mass is 385 g/mol. The maximum atomic E-state index is 12.4. The molecule has 4 amide bonds. The van der Waals surface area contributed by atoms with Crippen LogP contribution in [0.15, 0.2) is 53.1 Å². The van der Waals surface area contributed by atoms with Crippen LogP contribution in [0, 0.1) is 0 Å². The molecule has 2 heterocycles. The molecule has 0 saturated carbocycles. The molecular formula is C20H23N3O5. The summed E-state index contributed by atoms with van der Waals surface area (Å²) < 4.78 is 5.17. The molecule has 3 N–H and O–H groups in total. The van der Waals surface area contributed by atoms with Crippen molar-refractivity contribution in [2.75, 3.05) is 6.61 Å². The fourth-order valence-corrected chi connectivity index (χ4v) is 3.12. The molecule has 0 spiro atoms. The summed E-state index contributed by atoms with van der Waals surface area (Å²) in [4.78, 5) is 37.7. The van der Waals surface area contributed by atoms with Crippen molar-refractivity contribution in [1.29, 1.82) is 0 Å². The lowest BCUT2D eigenvalue weighted by molar-refractivity contribution is -0.128. The summed E-state index contributed by atoms with van der Waals surface area (Å²) in [5.41, 5.74) is 1.01. The summed E-state index contributed by atoms with van der Waals surface area (Å²) >= 11 is 0. The summed E-state index contributed by atoms with van der Waals surface area (Å²) in [5.74, 6) is -0.146. The minimum Gasteiger partial charge on any atom is -0.467 e. The Morgan fingerprint density at radius 2 is 2.00 bits per heavy atom. The van der Waals surface area contributed by atoms with E-state index >= 15 is 0 Å². The lowest BCUT2D eigenvalue weighted by Gasteiger charge is -2.17. The zero-order valence-corrected chi connectivity index (χ0v) is 15.3. The minimum absolute atomic E-state index is 0.0595. The highest BCUT2D eigenvalue weighted by atomic mass is 16.3. The van der Waals surface area contributed by atoms with E-state index in [0.29, 0.717) is 12.2 Å². The van der Waals surface area contributed by atoms with Gasteiger partial charge in [-0.15, -0.1) is 0 Å². The van der Waals surface area contributed by atoms with Crippen LogP contribution in [0.4, 0.5) is 4.79 Å². The molecule has 1 aliphatic heterocycles. The molecule has 8 nitrogen and oxygen atoms in total. The van der Waals surface area contributed by atoms with Gasteiger partial charge in [0.1, 0.15) is 11.8 Å². The summed E-state index contributed by atoms with van der Waals surface area (Å²) in [5, 5.41) is 14.9. The molecule has 0 bridgehead atoms. The first kappa shape index (κ1) is 19.6. The molecular weight excluding hydrogens is 362 g/mol. The Balaban J connectivity index is 1.47. The van der Waals surface area contributed by atoms with Gasteiger partial charge in [-0.1, -0.05) is 30.3 Å². The number of hydrogen-bond donors (Lipinski definition) is 3. The van der Waals surface area contributed by atoms with Crippen molar-refractivity contribution in [2.24, 2.45) is 0 Å². The van der Waals surface area contributed by atoms with Crippen molar-refractivity contribution in [3.63, 3.8) is 0 Å². The van der Waals surface area contributed by atoms with Crippen molar-refractivity contribution in [3.05, 3.63) is 60.1 Å². The number of amides is 4. The normalized spacial score (nSPS) is 17.5. The van der Waals surface area contributed by atoms with Gasteiger partial charge in [-0.05, 0) is 30.5 Å². The molecule has 0 radical (unpaired) electrons. The Bertz CT molecular complexity index is 807. The first-order chi connectivity index (χ1) is 13.6. The maximum absolute atomic E-state index is 12.4. The predicted octanol–water partition coefficient (Wildman–Crippen LogP) is 1.20. The Hall–Kier alpha value is -3.13. The molecule has 0 aliphatic carbocycles. The molecule has 8 heteroatoms. The zero-order chi connectivity index (χ0) is 19.9. The third-order valence-corrected chi connectivity index (χ3v) is 4.57. The number of rotatable bonds is 9. The van der Waals surface area contributed by atoms with E-state index in [4.69, 9.17) is 4.42 Å². The number of furan rings is 1. The van der Waals surface area contributed by atoms with E-state index in [1.165, 1.54) is 6.26 Å². The second-order valence-electron chi connectivity index (χ2n) is 6.68. The van der Waals surface area contributed by atoms with E-state index in [9.17, 15) is 19.5 Å². The van der Waals surface area contributed by atoms with Gasteiger partial charge in [0.2, 0.25) is 5.91 Å². The number of imide groups is 1. The quantitative estimate of drug-likeness (QED) is 0.562. The lowest BCUT2D eigenvalue weighted by Crippen LogP contribution is -2.40. The summed E-state index contributed by atoms with van der Waals surface area (Å²) in [6, 6.07) is 11.3. The fourth-order valence-electron chi connectivity index (χ4n) is 3.12. The zero-order valence-electron chi connectivity index (χ0n) is 15.3. The SMILES string of the molecule is O=C(CCC1NC(=O)N(Cc2ccco2)C1=O)N[C@H](CO)Cc1ccccc1. The average Bonchev–Trinajstić information content (AvgIpc) is 3.30. The van der Waals surface area contributed by atoms with Crippen LogP contribution >= 0.6 is 0 Å². The first-order valence-electron chi connectivity index (χ1n) is 9.15. The van der Waals surface area contributed by atoms with Crippen LogP contribution in [0.3, 0.4) is 0 Å². The number of carbonyl (C=O) groups is 3. The Labute approximate surface area is 162 Å². The minimum atomic E-state index is -0.741. The second-order valence-corrected chi connectivity index (χ2v) is 6.68. The standard InChI is InChI=1S/C20H23N3O5/c24-13-15(11-14-5-2-1-3-6-14)21-18(25)9-8-17-19(26)23(20(27)22-17)12-16-7-4-10-28-16/h1-7,10,15,17,24H,8-9,11-13H2,(H,21,25)(H,22,27)/t15-,17?/m0/s1. The molecule has 1 unspecified atom stereocenters.